The van der Waals surface area contributed by atoms with Gasteiger partial charge in [-0.1, -0.05) is 156 Å². The molecule has 5 rings (SSSR count). The molecule has 340 valence electrons. The Kier molecular flexibility index (Phi) is 21.7. The predicted molar refractivity (Wildman–Crippen MR) is 259 cm³/mol. The first-order chi connectivity index (χ1) is 30.5. The van der Waals surface area contributed by atoms with Gasteiger partial charge in [0.25, 0.3) is 0 Å². The molecule has 0 aliphatic rings. The molecule has 4 aromatic carbocycles. The molecule has 0 atom stereocenters. The van der Waals surface area contributed by atoms with E-state index in [0.29, 0.717) is 43.0 Å². The van der Waals surface area contributed by atoms with Gasteiger partial charge in [0.15, 0.2) is 23.0 Å². The van der Waals surface area contributed by atoms with Crippen LogP contribution in [0.4, 0.5) is 0 Å². The number of methoxy groups -OCH3 is 1. The van der Waals surface area contributed by atoms with E-state index in [1.165, 1.54) is 110 Å². The maximum atomic E-state index is 12.6. The molecule has 62 heavy (non-hydrogen) atoms. The lowest BCUT2D eigenvalue weighted by Crippen LogP contribution is -2.05. The molecule has 0 amide bonds. The minimum Gasteiger partial charge on any atom is -0.490 e. The highest BCUT2D eigenvalue weighted by atomic mass is 16.5. The summed E-state index contributed by atoms with van der Waals surface area (Å²) >= 11 is 0. The van der Waals surface area contributed by atoms with Gasteiger partial charge >= 0.3 is 5.97 Å². The van der Waals surface area contributed by atoms with Crippen molar-refractivity contribution in [3.63, 3.8) is 0 Å². The first-order valence-corrected chi connectivity index (χ1v) is 24.8. The maximum Gasteiger partial charge on any atom is 0.337 e. The lowest BCUT2D eigenvalue weighted by Gasteiger charge is -2.19. The molecule has 0 bridgehead atoms. The molecule has 0 saturated carbocycles. The highest BCUT2D eigenvalue weighted by Gasteiger charge is 2.21. The van der Waals surface area contributed by atoms with Gasteiger partial charge in [-0.2, -0.15) is 0 Å². The van der Waals surface area contributed by atoms with Gasteiger partial charge in [-0.3, -0.25) is 0 Å². The average molecular weight is 851 g/mol. The number of fused-ring (bicyclic) bond motifs is 7. The number of hydrogen-bond acceptors (Lipinski definition) is 8. The second kappa shape index (κ2) is 27.7. The van der Waals surface area contributed by atoms with Crippen molar-refractivity contribution in [1.82, 2.24) is 9.97 Å². The van der Waals surface area contributed by atoms with Gasteiger partial charge in [-0.05, 0) is 78.9 Å². The number of carbonyl (C=O) groups is 1. The van der Waals surface area contributed by atoms with Crippen LogP contribution in [0.25, 0.3) is 43.6 Å². The first-order valence-electron chi connectivity index (χ1n) is 24.8. The number of rotatable bonds is 33. The summed E-state index contributed by atoms with van der Waals surface area (Å²) in [6.45, 7) is 11.5. The Morgan fingerprint density at radius 3 is 1.08 bits per heavy atom. The second-order valence-electron chi connectivity index (χ2n) is 17.3. The van der Waals surface area contributed by atoms with E-state index >= 15 is 0 Å². The zero-order valence-corrected chi connectivity index (χ0v) is 39.2. The van der Waals surface area contributed by atoms with Crippen molar-refractivity contribution in [1.29, 1.82) is 0 Å². The summed E-state index contributed by atoms with van der Waals surface area (Å²) in [5, 5.41) is 3.84. The number of unbranched alkanes of at least 4 members (excludes halogenated alkanes) is 20. The van der Waals surface area contributed by atoms with E-state index in [2.05, 4.69) is 52.0 Å². The number of esters is 1. The molecule has 0 fully saturated rings. The SMILES string of the molecule is CCCCCCCCOc1cc2c3cc(OCCCCCCCC)c(OCCCCCCCC)cc3c3nc4cc(C(=O)OC)ccc4nc3c2cc1OCCCCCCCC. The van der Waals surface area contributed by atoms with E-state index < -0.39 is 5.97 Å². The van der Waals surface area contributed by atoms with Gasteiger partial charge in [0, 0.05) is 10.8 Å². The average Bonchev–Trinajstić information content (AvgIpc) is 3.29. The summed E-state index contributed by atoms with van der Waals surface area (Å²) in [7, 11) is 1.40. The lowest BCUT2D eigenvalue weighted by atomic mass is 9.97. The van der Waals surface area contributed by atoms with Crippen LogP contribution in [0.5, 0.6) is 23.0 Å². The number of hydrogen-bond donors (Lipinski definition) is 0. The van der Waals surface area contributed by atoms with Gasteiger partial charge in [0.05, 0.1) is 61.2 Å². The van der Waals surface area contributed by atoms with E-state index in [1.54, 1.807) is 12.1 Å². The van der Waals surface area contributed by atoms with E-state index in [9.17, 15) is 4.79 Å². The van der Waals surface area contributed by atoms with Crippen molar-refractivity contribution in [2.45, 2.75) is 182 Å². The molecule has 8 heteroatoms. The molecule has 0 aliphatic heterocycles. The fourth-order valence-corrected chi connectivity index (χ4v) is 8.34. The number of carbonyl (C=O) groups excluding carboxylic acids is 1. The van der Waals surface area contributed by atoms with Gasteiger partial charge < -0.3 is 23.7 Å². The van der Waals surface area contributed by atoms with E-state index in [-0.39, 0.29) is 0 Å². The smallest absolute Gasteiger partial charge is 0.337 e. The van der Waals surface area contributed by atoms with Crippen LogP contribution in [-0.4, -0.2) is 49.5 Å². The third-order valence-electron chi connectivity index (χ3n) is 12.1. The quantitative estimate of drug-likeness (QED) is 0.0178. The zero-order chi connectivity index (χ0) is 43.8. The molecule has 0 spiro atoms. The van der Waals surface area contributed by atoms with Crippen LogP contribution in [-0.2, 0) is 4.74 Å². The van der Waals surface area contributed by atoms with Crippen molar-refractivity contribution in [3.8, 4) is 23.0 Å². The molecule has 1 aromatic heterocycles. The van der Waals surface area contributed by atoms with E-state index in [0.717, 1.165) is 107 Å². The standard InChI is InChI=1S/C54H78N2O6/c1-6-10-14-18-22-26-32-59-48-37-42-43-38-49(60-33-27-23-19-15-11-7-2)51(62-35-29-25-21-17-13-9-4)40-45(43)53-52(44(42)39-50(48)61-34-28-24-20-16-12-8-3)55-46-31-30-41(54(57)58-5)36-47(46)56-53/h30-31,36-40H,6-29,32-35H2,1-5H3. The number of benzene rings is 4. The summed E-state index contributed by atoms with van der Waals surface area (Å²) in [6.07, 6.45) is 28.6. The second-order valence-corrected chi connectivity index (χ2v) is 17.3. The van der Waals surface area contributed by atoms with Crippen LogP contribution in [0.2, 0.25) is 0 Å². The van der Waals surface area contributed by atoms with Crippen LogP contribution in [0, 0.1) is 0 Å². The van der Waals surface area contributed by atoms with Crippen molar-refractivity contribution < 1.29 is 28.5 Å². The largest absolute Gasteiger partial charge is 0.490 e. The molecule has 0 radical (unpaired) electrons. The molecule has 8 nitrogen and oxygen atoms in total. The molecule has 5 aromatic rings. The fraction of sp³-hybridized carbons (Fsp3) is 0.611. The monoisotopic (exact) mass is 851 g/mol. The molecule has 0 saturated heterocycles. The maximum absolute atomic E-state index is 12.6. The van der Waals surface area contributed by atoms with Crippen LogP contribution >= 0.6 is 0 Å². The Labute approximate surface area is 373 Å². The van der Waals surface area contributed by atoms with Gasteiger partial charge in [0.2, 0.25) is 0 Å². The Balaban J connectivity index is 1.62. The van der Waals surface area contributed by atoms with Crippen LogP contribution in [0.1, 0.15) is 192 Å². The highest BCUT2D eigenvalue weighted by Crippen LogP contribution is 2.44. The molecular weight excluding hydrogens is 773 g/mol. The number of ether oxygens (including phenoxy) is 5. The Morgan fingerprint density at radius 1 is 0.403 bits per heavy atom. The Hall–Kier alpha value is -4.33. The molecular formula is C54H78N2O6. The van der Waals surface area contributed by atoms with Crippen LogP contribution < -0.4 is 18.9 Å². The van der Waals surface area contributed by atoms with Crippen molar-refractivity contribution in [2.75, 3.05) is 33.5 Å². The number of aromatic nitrogens is 2. The molecule has 0 unspecified atom stereocenters. The Morgan fingerprint density at radius 2 is 0.726 bits per heavy atom. The van der Waals surface area contributed by atoms with Crippen molar-refractivity contribution in [3.05, 3.63) is 48.0 Å². The summed E-state index contributed by atoms with van der Waals surface area (Å²) in [5.41, 5.74) is 3.25. The lowest BCUT2D eigenvalue weighted by molar-refractivity contribution is 0.0601. The third-order valence-corrected chi connectivity index (χ3v) is 12.1. The highest BCUT2D eigenvalue weighted by molar-refractivity contribution is 6.25. The predicted octanol–water partition coefficient (Wildman–Crippen LogP) is 15.8. The van der Waals surface area contributed by atoms with Gasteiger partial charge in [-0.15, -0.1) is 0 Å². The number of nitrogens with zero attached hydrogens (tertiary/aromatic N) is 2. The van der Waals surface area contributed by atoms with Gasteiger partial charge in [0.1, 0.15) is 0 Å². The molecule has 1 heterocycles. The summed E-state index contributed by atoms with van der Waals surface area (Å²) in [6, 6.07) is 13.9. The van der Waals surface area contributed by atoms with Gasteiger partial charge in [-0.25, -0.2) is 14.8 Å². The van der Waals surface area contributed by atoms with E-state index in [1.807, 2.05) is 6.07 Å². The summed E-state index contributed by atoms with van der Waals surface area (Å²) < 4.78 is 31.6. The minimum absolute atomic E-state index is 0.407. The fourth-order valence-electron chi connectivity index (χ4n) is 8.34. The zero-order valence-electron chi connectivity index (χ0n) is 39.2. The normalized spacial score (nSPS) is 11.6. The van der Waals surface area contributed by atoms with E-state index in [4.69, 9.17) is 33.7 Å². The molecule has 0 aliphatic carbocycles. The summed E-state index contributed by atoms with van der Waals surface area (Å²) in [4.78, 5) is 23.2. The van der Waals surface area contributed by atoms with Crippen LogP contribution in [0.3, 0.4) is 0 Å². The molecule has 0 N–H and O–H groups in total. The van der Waals surface area contributed by atoms with Crippen molar-refractivity contribution in [2.24, 2.45) is 0 Å². The minimum atomic E-state index is -0.407. The third kappa shape index (κ3) is 14.6. The topological polar surface area (TPSA) is 89.0 Å². The van der Waals surface area contributed by atoms with Crippen LogP contribution in [0.15, 0.2) is 42.5 Å². The first kappa shape index (κ1) is 48.7. The van der Waals surface area contributed by atoms with Crippen molar-refractivity contribution >= 4 is 49.6 Å². The summed E-state index contributed by atoms with van der Waals surface area (Å²) in [5.74, 6) is 2.56. The Bertz CT molecular complexity index is 2100.